The third-order valence-electron chi connectivity index (χ3n) is 2.72. The van der Waals surface area contributed by atoms with Gasteiger partial charge in [-0.05, 0) is 24.1 Å². The summed E-state index contributed by atoms with van der Waals surface area (Å²) < 4.78 is 1.49. The number of nitrogens with one attached hydrogen (secondary N) is 1. The SMILES string of the molecule is NCCc1ccc(CNC(=O)Cn2cncn2)cc1. The van der Waals surface area contributed by atoms with Crippen LogP contribution in [0.5, 0.6) is 0 Å². The van der Waals surface area contributed by atoms with Gasteiger partial charge in [0.05, 0.1) is 0 Å². The summed E-state index contributed by atoms with van der Waals surface area (Å²) in [4.78, 5) is 15.4. The van der Waals surface area contributed by atoms with E-state index >= 15 is 0 Å². The zero-order valence-electron chi connectivity index (χ0n) is 10.6. The number of hydrogen-bond acceptors (Lipinski definition) is 4. The van der Waals surface area contributed by atoms with Crippen molar-refractivity contribution in [3.8, 4) is 0 Å². The molecular weight excluding hydrogens is 242 g/mol. The summed E-state index contributed by atoms with van der Waals surface area (Å²) in [5.41, 5.74) is 7.76. The van der Waals surface area contributed by atoms with E-state index in [0.29, 0.717) is 13.1 Å². The molecule has 1 aromatic heterocycles. The summed E-state index contributed by atoms with van der Waals surface area (Å²) in [5.74, 6) is -0.0865. The van der Waals surface area contributed by atoms with Crippen molar-refractivity contribution in [2.75, 3.05) is 6.54 Å². The molecule has 1 amide bonds. The highest BCUT2D eigenvalue weighted by molar-refractivity contribution is 5.75. The van der Waals surface area contributed by atoms with Gasteiger partial charge in [0.25, 0.3) is 0 Å². The molecular formula is C13H17N5O. The van der Waals surface area contributed by atoms with E-state index in [9.17, 15) is 4.79 Å². The lowest BCUT2D eigenvalue weighted by Crippen LogP contribution is -2.27. The first-order valence-electron chi connectivity index (χ1n) is 6.15. The first-order chi connectivity index (χ1) is 9.28. The van der Waals surface area contributed by atoms with Crippen LogP contribution in [0.1, 0.15) is 11.1 Å². The average molecular weight is 259 g/mol. The number of benzene rings is 1. The monoisotopic (exact) mass is 259 g/mol. The summed E-state index contributed by atoms with van der Waals surface area (Å²) in [6.07, 6.45) is 3.80. The third-order valence-corrected chi connectivity index (χ3v) is 2.72. The molecule has 1 heterocycles. The van der Waals surface area contributed by atoms with E-state index in [0.717, 1.165) is 12.0 Å². The van der Waals surface area contributed by atoms with Crippen LogP contribution in [0.25, 0.3) is 0 Å². The highest BCUT2D eigenvalue weighted by Crippen LogP contribution is 2.04. The molecule has 19 heavy (non-hydrogen) atoms. The van der Waals surface area contributed by atoms with Crippen molar-refractivity contribution in [2.45, 2.75) is 19.5 Å². The fraction of sp³-hybridized carbons (Fsp3) is 0.308. The van der Waals surface area contributed by atoms with Crippen LogP contribution in [0.15, 0.2) is 36.9 Å². The minimum atomic E-state index is -0.0865. The van der Waals surface area contributed by atoms with Gasteiger partial charge in [0.1, 0.15) is 19.2 Å². The largest absolute Gasteiger partial charge is 0.350 e. The molecule has 0 aliphatic carbocycles. The van der Waals surface area contributed by atoms with Crippen LogP contribution >= 0.6 is 0 Å². The Balaban J connectivity index is 1.79. The van der Waals surface area contributed by atoms with Crippen molar-refractivity contribution in [1.82, 2.24) is 20.1 Å². The van der Waals surface area contributed by atoms with Gasteiger partial charge in [-0.15, -0.1) is 0 Å². The highest BCUT2D eigenvalue weighted by Gasteiger charge is 2.03. The Morgan fingerprint density at radius 1 is 1.26 bits per heavy atom. The Bertz CT molecular complexity index is 506. The first kappa shape index (κ1) is 13.2. The fourth-order valence-corrected chi connectivity index (χ4v) is 1.71. The number of aromatic nitrogens is 3. The number of carbonyl (C=O) groups is 1. The van der Waals surface area contributed by atoms with Crippen LogP contribution in [0, 0.1) is 0 Å². The molecule has 1 aromatic carbocycles. The molecule has 0 aliphatic heterocycles. The number of hydrogen-bond donors (Lipinski definition) is 2. The minimum absolute atomic E-state index is 0.0865. The van der Waals surface area contributed by atoms with Crippen LogP contribution in [-0.2, 0) is 24.3 Å². The molecule has 2 aromatic rings. The van der Waals surface area contributed by atoms with Gasteiger partial charge in [-0.25, -0.2) is 9.67 Å². The van der Waals surface area contributed by atoms with Gasteiger partial charge in [-0.3, -0.25) is 4.79 Å². The van der Waals surface area contributed by atoms with Crippen molar-refractivity contribution in [2.24, 2.45) is 5.73 Å². The van der Waals surface area contributed by atoms with Crippen LogP contribution in [0.4, 0.5) is 0 Å². The van der Waals surface area contributed by atoms with E-state index in [1.165, 1.54) is 22.9 Å². The van der Waals surface area contributed by atoms with Gasteiger partial charge >= 0.3 is 0 Å². The molecule has 0 bridgehead atoms. The summed E-state index contributed by atoms with van der Waals surface area (Å²) in [7, 11) is 0. The van der Waals surface area contributed by atoms with Crippen LogP contribution in [0.3, 0.4) is 0 Å². The van der Waals surface area contributed by atoms with Crippen molar-refractivity contribution >= 4 is 5.91 Å². The second-order valence-corrected chi connectivity index (χ2v) is 4.22. The van der Waals surface area contributed by atoms with E-state index < -0.39 is 0 Å². The maximum absolute atomic E-state index is 11.6. The Kier molecular flexibility index (Phi) is 4.63. The minimum Gasteiger partial charge on any atom is -0.350 e. The number of amides is 1. The number of rotatable bonds is 6. The topological polar surface area (TPSA) is 85.8 Å². The molecule has 0 atom stereocenters. The summed E-state index contributed by atoms with van der Waals surface area (Å²) in [5, 5.41) is 6.71. The van der Waals surface area contributed by atoms with E-state index in [-0.39, 0.29) is 12.5 Å². The van der Waals surface area contributed by atoms with E-state index in [1.807, 2.05) is 24.3 Å². The smallest absolute Gasteiger partial charge is 0.242 e. The van der Waals surface area contributed by atoms with Crippen molar-refractivity contribution in [3.05, 3.63) is 48.0 Å². The van der Waals surface area contributed by atoms with Gasteiger partial charge in [-0.2, -0.15) is 5.10 Å². The van der Waals surface area contributed by atoms with Crippen molar-refractivity contribution in [3.63, 3.8) is 0 Å². The van der Waals surface area contributed by atoms with Crippen molar-refractivity contribution in [1.29, 1.82) is 0 Å². The second-order valence-electron chi connectivity index (χ2n) is 4.22. The molecule has 2 rings (SSSR count). The van der Waals surface area contributed by atoms with Gasteiger partial charge in [0.2, 0.25) is 5.91 Å². The summed E-state index contributed by atoms with van der Waals surface area (Å²) in [6, 6.07) is 8.07. The van der Waals surface area contributed by atoms with Gasteiger partial charge in [-0.1, -0.05) is 24.3 Å². The molecule has 0 spiro atoms. The molecule has 100 valence electrons. The number of nitrogens with zero attached hydrogens (tertiary/aromatic N) is 3. The molecule has 6 heteroatoms. The zero-order valence-corrected chi connectivity index (χ0v) is 10.6. The lowest BCUT2D eigenvalue weighted by atomic mass is 10.1. The fourth-order valence-electron chi connectivity index (χ4n) is 1.71. The predicted octanol–water partition coefficient (Wildman–Crippen LogP) is 0.0957. The quantitative estimate of drug-likeness (QED) is 0.770. The van der Waals surface area contributed by atoms with Crippen molar-refractivity contribution < 1.29 is 4.79 Å². The Morgan fingerprint density at radius 3 is 2.63 bits per heavy atom. The molecule has 0 aliphatic rings. The molecule has 0 radical (unpaired) electrons. The highest BCUT2D eigenvalue weighted by atomic mass is 16.2. The molecule has 0 saturated heterocycles. The van der Waals surface area contributed by atoms with Gasteiger partial charge in [0, 0.05) is 6.54 Å². The maximum atomic E-state index is 11.6. The molecule has 3 N–H and O–H groups in total. The maximum Gasteiger partial charge on any atom is 0.242 e. The Morgan fingerprint density at radius 2 is 2.00 bits per heavy atom. The Hall–Kier alpha value is -2.21. The molecule has 0 fully saturated rings. The predicted molar refractivity (Wildman–Crippen MR) is 71.1 cm³/mol. The molecule has 6 nitrogen and oxygen atoms in total. The number of carbonyl (C=O) groups excluding carboxylic acids is 1. The zero-order chi connectivity index (χ0) is 13.5. The summed E-state index contributed by atoms with van der Waals surface area (Å²) >= 11 is 0. The van der Waals surface area contributed by atoms with E-state index in [4.69, 9.17) is 5.73 Å². The van der Waals surface area contributed by atoms with Crippen LogP contribution in [-0.4, -0.2) is 27.2 Å². The van der Waals surface area contributed by atoms with Gasteiger partial charge < -0.3 is 11.1 Å². The normalized spacial score (nSPS) is 10.4. The summed E-state index contributed by atoms with van der Waals surface area (Å²) in [6.45, 7) is 1.34. The van der Waals surface area contributed by atoms with Gasteiger partial charge in [0.15, 0.2) is 0 Å². The molecule has 0 unspecified atom stereocenters. The lowest BCUT2D eigenvalue weighted by Gasteiger charge is -2.06. The van der Waals surface area contributed by atoms with E-state index in [2.05, 4.69) is 15.4 Å². The van der Waals surface area contributed by atoms with E-state index in [1.54, 1.807) is 0 Å². The van der Waals surface area contributed by atoms with Crippen LogP contribution < -0.4 is 11.1 Å². The van der Waals surface area contributed by atoms with Crippen LogP contribution in [0.2, 0.25) is 0 Å². The third kappa shape index (κ3) is 4.18. The average Bonchev–Trinajstić information content (AvgIpc) is 2.91. The number of nitrogens with two attached hydrogens (primary N) is 1. The second kappa shape index (κ2) is 6.65. The standard InChI is InChI=1S/C13H17N5O/c14-6-5-11-1-3-12(4-2-11)7-16-13(19)8-18-10-15-9-17-18/h1-4,9-10H,5-8,14H2,(H,16,19). The molecule has 0 saturated carbocycles. The Labute approximate surface area is 111 Å². The lowest BCUT2D eigenvalue weighted by molar-refractivity contribution is -0.122. The first-order valence-corrected chi connectivity index (χ1v) is 6.15.